The summed E-state index contributed by atoms with van der Waals surface area (Å²) in [5.41, 5.74) is 0.442. The minimum atomic E-state index is -0.809. The zero-order valence-corrected chi connectivity index (χ0v) is 11.8. The summed E-state index contributed by atoms with van der Waals surface area (Å²) in [5, 5.41) is 9.16. The Bertz CT molecular complexity index is 454. The van der Waals surface area contributed by atoms with Crippen LogP contribution in [0.15, 0.2) is 12.3 Å². The van der Waals surface area contributed by atoms with Crippen molar-refractivity contribution in [3.8, 4) is 0 Å². The molecule has 0 amide bonds. The summed E-state index contributed by atoms with van der Waals surface area (Å²) in [4.78, 5) is 11.1. The van der Waals surface area contributed by atoms with E-state index < -0.39 is 5.97 Å². The van der Waals surface area contributed by atoms with Crippen molar-refractivity contribution >= 4 is 28.6 Å². The quantitative estimate of drug-likeness (QED) is 0.855. The Kier molecular flexibility index (Phi) is 2.92. The predicted octanol–water partition coefficient (Wildman–Crippen LogP) is 3.23. The number of hydrogen-bond acceptors (Lipinski definition) is 1. The highest BCUT2D eigenvalue weighted by Gasteiger charge is 2.39. The Morgan fingerprint density at radius 1 is 1.47 bits per heavy atom. The average Bonchev–Trinajstić information content (AvgIpc) is 2.93. The van der Waals surface area contributed by atoms with Crippen LogP contribution in [0.3, 0.4) is 0 Å². The van der Waals surface area contributed by atoms with E-state index in [0.29, 0.717) is 11.6 Å². The lowest BCUT2D eigenvalue weighted by Crippen LogP contribution is -2.19. The maximum Gasteiger partial charge on any atom is 0.352 e. The maximum atomic E-state index is 11.1. The van der Waals surface area contributed by atoms with Gasteiger partial charge in [0.2, 0.25) is 0 Å². The summed E-state index contributed by atoms with van der Waals surface area (Å²) in [7, 11) is 0. The van der Waals surface area contributed by atoms with E-state index in [1.807, 2.05) is 10.8 Å². The van der Waals surface area contributed by atoms with Gasteiger partial charge in [-0.3, -0.25) is 0 Å². The van der Waals surface area contributed by atoms with Gasteiger partial charge < -0.3 is 9.67 Å². The van der Waals surface area contributed by atoms with Crippen LogP contribution in [0.5, 0.6) is 0 Å². The first-order chi connectivity index (χ1) is 8.13. The number of nitrogens with zero attached hydrogens (tertiary/aromatic N) is 1. The number of carbonyl (C=O) groups is 1. The zero-order valence-electron chi connectivity index (χ0n) is 9.60. The van der Waals surface area contributed by atoms with E-state index in [1.165, 1.54) is 25.7 Å². The van der Waals surface area contributed by atoms with Crippen molar-refractivity contribution in [3.63, 3.8) is 0 Å². The molecule has 2 aliphatic carbocycles. The van der Waals surface area contributed by atoms with Gasteiger partial charge in [0.05, 0.1) is 0 Å². The number of rotatable bonds is 3. The van der Waals surface area contributed by atoms with Crippen LogP contribution in [0.1, 0.15) is 36.2 Å². The van der Waals surface area contributed by atoms with Crippen molar-refractivity contribution in [2.75, 3.05) is 0 Å². The molecule has 0 saturated heterocycles. The molecule has 2 aliphatic rings. The van der Waals surface area contributed by atoms with E-state index in [9.17, 15) is 4.79 Å². The molecule has 4 heteroatoms. The lowest BCUT2D eigenvalue weighted by molar-refractivity contribution is 0.0683. The summed E-state index contributed by atoms with van der Waals surface area (Å²) in [6.45, 7) is 0.895. The molecule has 1 aromatic rings. The van der Waals surface area contributed by atoms with Gasteiger partial charge in [-0.15, -0.1) is 0 Å². The van der Waals surface area contributed by atoms with Crippen LogP contribution in [-0.4, -0.2) is 15.6 Å². The fourth-order valence-electron chi connectivity index (χ4n) is 3.66. The Hall–Kier alpha value is -0.520. The first-order valence-corrected chi connectivity index (χ1v) is 7.30. The third-order valence-electron chi connectivity index (χ3n) is 4.40. The van der Waals surface area contributed by atoms with Crippen molar-refractivity contribution in [2.24, 2.45) is 17.8 Å². The standard InChI is InChI=1S/C13H16INO2/c14-11-5-12(13(16)17)15(7-11)6-10-4-8-1-2-9(10)3-8/h5,7-10H,1-4,6H2,(H,16,17). The van der Waals surface area contributed by atoms with Crippen LogP contribution in [0, 0.1) is 21.3 Å². The van der Waals surface area contributed by atoms with Crippen molar-refractivity contribution in [2.45, 2.75) is 32.2 Å². The number of halogens is 1. The van der Waals surface area contributed by atoms with E-state index in [2.05, 4.69) is 22.6 Å². The van der Waals surface area contributed by atoms with E-state index in [-0.39, 0.29) is 0 Å². The lowest BCUT2D eigenvalue weighted by atomic mass is 9.89. The molecule has 0 aliphatic heterocycles. The number of carboxylic acids is 1. The summed E-state index contributed by atoms with van der Waals surface area (Å²) in [6, 6.07) is 1.76. The minimum absolute atomic E-state index is 0.442. The van der Waals surface area contributed by atoms with Crippen molar-refractivity contribution in [1.82, 2.24) is 4.57 Å². The first-order valence-electron chi connectivity index (χ1n) is 6.22. The summed E-state index contributed by atoms with van der Waals surface area (Å²) < 4.78 is 2.96. The Labute approximate surface area is 114 Å². The number of hydrogen-bond donors (Lipinski definition) is 1. The van der Waals surface area contributed by atoms with Gasteiger partial charge in [0.25, 0.3) is 0 Å². The van der Waals surface area contributed by atoms with Crippen LogP contribution in [0.25, 0.3) is 0 Å². The molecule has 3 rings (SSSR count). The third kappa shape index (κ3) is 2.11. The summed E-state index contributed by atoms with van der Waals surface area (Å²) in [6.07, 6.45) is 7.41. The molecular formula is C13H16INO2. The molecule has 2 fully saturated rings. The maximum absolute atomic E-state index is 11.1. The normalized spacial score (nSPS) is 31.0. The van der Waals surface area contributed by atoms with Gasteiger partial charge in [-0.2, -0.15) is 0 Å². The first kappa shape index (κ1) is 11.6. The molecule has 3 atom stereocenters. The van der Waals surface area contributed by atoms with Crippen LogP contribution >= 0.6 is 22.6 Å². The molecule has 92 valence electrons. The van der Waals surface area contributed by atoms with Crippen LogP contribution in [0.2, 0.25) is 0 Å². The molecule has 0 radical (unpaired) electrons. The van der Waals surface area contributed by atoms with E-state index in [1.54, 1.807) is 6.07 Å². The van der Waals surface area contributed by atoms with Crippen LogP contribution in [0.4, 0.5) is 0 Å². The smallest absolute Gasteiger partial charge is 0.352 e. The lowest BCUT2D eigenvalue weighted by Gasteiger charge is -2.22. The number of aromatic nitrogens is 1. The summed E-state index contributed by atoms with van der Waals surface area (Å²) in [5.74, 6) is 1.67. The molecule has 1 aromatic heterocycles. The number of aromatic carboxylic acids is 1. The molecule has 0 spiro atoms. The van der Waals surface area contributed by atoms with E-state index >= 15 is 0 Å². The Morgan fingerprint density at radius 2 is 2.29 bits per heavy atom. The molecule has 17 heavy (non-hydrogen) atoms. The molecule has 2 bridgehead atoms. The van der Waals surface area contributed by atoms with Gasteiger partial charge in [0.1, 0.15) is 5.69 Å². The van der Waals surface area contributed by atoms with Crippen molar-refractivity contribution in [3.05, 3.63) is 21.5 Å². The second-order valence-electron chi connectivity index (χ2n) is 5.44. The SMILES string of the molecule is O=C(O)c1cc(I)cn1CC1CC2CCC1C2. The van der Waals surface area contributed by atoms with Gasteiger partial charge >= 0.3 is 5.97 Å². The van der Waals surface area contributed by atoms with Crippen LogP contribution in [-0.2, 0) is 6.54 Å². The van der Waals surface area contributed by atoms with E-state index in [4.69, 9.17) is 5.11 Å². The number of fused-ring (bicyclic) bond motifs is 2. The van der Waals surface area contributed by atoms with Crippen molar-refractivity contribution < 1.29 is 9.90 Å². The largest absolute Gasteiger partial charge is 0.477 e. The third-order valence-corrected chi connectivity index (χ3v) is 4.99. The van der Waals surface area contributed by atoms with Gasteiger partial charge in [-0.1, -0.05) is 6.42 Å². The highest BCUT2D eigenvalue weighted by atomic mass is 127. The second kappa shape index (κ2) is 4.30. The second-order valence-corrected chi connectivity index (χ2v) is 6.68. The molecular weight excluding hydrogens is 329 g/mol. The molecule has 2 saturated carbocycles. The Balaban J connectivity index is 1.79. The topological polar surface area (TPSA) is 42.2 Å². The van der Waals surface area contributed by atoms with Gasteiger partial charge in [-0.25, -0.2) is 4.79 Å². The minimum Gasteiger partial charge on any atom is -0.477 e. The monoisotopic (exact) mass is 345 g/mol. The predicted molar refractivity (Wildman–Crippen MR) is 73.0 cm³/mol. The van der Waals surface area contributed by atoms with Gasteiger partial charge in [0.15, 0.2) is 0 Å². The molecule has 1 heterocycles. The number of carboxylic acid groups (broad SMARTS) is 1. The van der Waals surface area contributed by atoms with Gasteiger partial charge in [-0.05, 0) is 65.7 Å². The molecule has 3 unspecified atom stereocenters. The van der Waals surface area contributed by atoms with Crippen LogP contribution < -0.4 is 0 Å². The fourth-order valence-corrected chi connectivity index (χ4v) is 4.29. The highest BCUT2D eigenvalue weighted by Crippen LogP contribution is 2.48. The molecule has 1 N–H and O–H groups in total. The van der Waals surface area contributed by atoms with Crippen molar-refractivity contribution in [1.29, 1.82) is 0 Å². The molecule has 3 nitrogen and oxygen atoms in total. The fraction of sp³-hybridized carbons (Fsp3) is 0.615. The highest BCUT2D eigenvalue weighted by molar-refractivity contribution is 14.1. The average molecular weight is 345 g/mol. The van der Waals surface area contributed by atoms with Gasteiger partial charge in [0, 0.05) is 16.3 Å². The zero-order chi connectivity index (χ0) is 12.0. The summed E-state index contributed by atoms with van der Waals surface area (Å²) >= 11 is 2.19. The molecule has 0 aromatic carbocycles. The van der Waals surface area contributed by atoms with E-state index in [0.717, 1.165) is 22.0 Å². The Morgan fingerprint density at radius 3 is 2.88 bits per heavy atom.